The van der Waals surface area contributed by atoms with Crippen molar-refractivity contribution in [1.82, 2.24) is 9.97 Å². The van der Waals surface area contributed by atoms with Gasteiger partial charge in [0.25, 0.3) is 0 Å². The van der Waals surface area contributed by atoms with Crippen molar-refractivity contribution in [3.05, 3.63) is 95.7 Å². The van der Waals surface area contributed by atoms with Gasteiger partial charge in [-0.15, -0.1) is 0 Å². The zero-order valence-corrected chi connectivity index (χ0v) is 19.2. The lowest BCUT2D eigenvalue weighted by atomic mass is 10.0. The van der Waals surface area contributed by atoms with Gasteiger partial charge in [-0.25, -0.2) is 14.8 Å². The summed E-state index contributed by atoms with van der Waals surface area (Å²) in [5.74, 6) is 0.615. The van der Waals surface area contributed by atoms with Crippen molar-refractivity contribution in [2.24, 2.45) is 0 Å². The molecule has 5 heteroatoms. The number of urea groups is 1. The molecule has 0 bridgehead atoms. The smallest absolute Gasteiger partial charge is 0.307 e. The first-order valence-electron chi connectivity index (χ1n) is 11.3. The van der Waals surface area contributed by atoms with E-state index >= 15 is 0 Å². The highest BCUT2D eigenvalue weighted by atomic mass is 16.2. The third kappa shape index (κ3) is 4.93. The summed E-state index contributed by atoms with van der Waals surface area (Å²) in [4.78, 5) is 22.5. The van der Waals surface area contributed by atoms with E-state index in [0.29, 0.717) is 17.2 Å². The van der Waals surface area contributed by atoms with Gasteiger partial charge in [-0.2, -0.15) is 0 Å². The topological polar surface area (TPSA) is 66.9 Å². The average molecular weight is 437 g/mol. The fourth-order valence-corrected chi connectivity index (χ4v) is 3.91. The molecule has 1 heterocycles. The molecule has 4 rings (SSSR count). The Morgan fingerprint density at radius 1 is 0.818 bits per heavy atom. The number of anilines is 2. The second-order valence-corrected chi connectivity index (χ2v) is 7.87. The van der Waals surface area contributed by atoms with Gasteiger partial charge in [-0.3, -0.25) is 0 Å². The van der Waals surface area contributed by atoms with E-state index in [0.717, 1.165) is 46.3 Å². The van der Waals surface area contributed by atoms with Crippen LogP contribution >= 0.6 is 0 Å². The number of aromatic nitrogens is 2. The van der Waals surface area contributed by atoms with Gasteiger partial charge >= 0.3 is 6.03 Å². The second kappa shape index (κ2) is 10.1. The molecule has 0 fully saturated rings. The van der Waals surface area contributed by atoms with E-state index in [1.54, 1.807) is 6.20 Å². The van der Waals surface area contributed by atoms with Crippen LogP contribution in [0.3, 0.4) is 0 Å². The minimum atomic E-state index is -0.309. The molecule has 1 aromatic heterocycles. The van der Waals surface area contributed by atoms with Gasteiger partial charge in [0, 0.05) is 16.8 Å². The average Bonchev–Trinajstić information content (AvgIpc) is 2.85. The van der Waals surface area contributed by atoms with Crippen molar-refractivity contribution in [2.45, 2.75) is 33.6 Å². The molecule has 2 amide bonds. The Morgan fingerprint density at radius 2 is 1.48 bits per heavy atom. The van der Waals surface area contributed by atoms with Gasteiger partial charge < -0.3 is 10.6 Å². The fraction of sp³-hybridized carbons (Fsp3) is 0.179. The number of carbonyl (C=O) groups is 1. The van der Waals surface area contributed by atoms with E-state index in [1.165, 1.54) is 0 Å². The molecule has 0 unspecified atom stereocenters. The minimum Gasteiger partial charge on any atom is -0.307 e. The van der Waals surface area contributed by atoms with Gasteiger partial charge in [0.2, 0.25) is 0 Å². The maximum Gasteiger partial charge on any atom is 0.323 e. The summed E-state index contributed by atoms with van der Waals surface area (Å²) in [6, 6.07) is 23.7. The SMILES string of the molecule is CCc1cccc(CC)c1NC(=O)Nc1cnc(-c2ccccc2)nc1-c1ccccc1C. The number of carbonyl (C=O) groups excluding carboxylic acids is 1. The number of benzene rings is 3. The molecule has 0 aliphatic heterocycles. The van der Waals surface area contributed by atoms with Crippen LogP contribution in [0.25, 0.3) is 22.6 Å². The van der Waals surface area contributed by atoms with Crippen LogP contribution in [0.5, 0.6) is 0 Å². The normalized spacial score (nSPS) is 10.6. The molecule has 5 nitrogen and oxygen atoms in total. The lowest BCUT2D eigenvalue weighted by molar-refractivity contribution is 0.262. The third-order valence-corrected chi connectivity index (χ3v) is 5.71. The Morgan fingerprint density at radius 3 is 2.15 bits per heavy atom. The summed E-state index contributed by atoms with van der Waals surface area (Å²) >= 11 is 0. The summed E-state index contributed by atoms with van der Waals surface area (Å²) in [6.45, 7) is 6.21. The number of hydrogen-bond acceptors (Lipinski definition) is 3. The van der Waals surface area contributed by atoms with Crippen LogP contribution < -0.4 is 10.6 Å². The van der Waals surface area contributed by atoms with Crippen LogP contribution in [0.15, 0.2) is 79.0 Å². The van der Waals surface area contributed by atoms with Gasteiger partial charge in [0.05, 0.1) is 17.6 Å². The van der Waals surface area contributed by atoms with E-state index in [-0.39, 0.29) is 6.03 Å². The molecular weight excluding hydrogens is 408 g/mol. The molecule has 0 saturated heterocycles. The van der Waals surface area contributed by atoms with Crippen molar-refractivity contribution in [1.29, 1.82) is 0 Å². The van der Waals surface area contributed by atoms with Crippen molar-refractivity contribution in [2.75, 3.05) is 10.6 Å². The first-order chi connectivity index (χ1) is 16.1. The number of hydrogen-bond donors (Lipinski definition) is 2. The standard InChI is InChI=1S/C28H28N4O/c1-4-20-15-11-16-21(5-2)25(20)32-28(33)30-24-18-29-27(22-13-7-6-8-14-22)31-26(24)23-17-10-9-12-19(23)3/h6-18H,4-5H2,1-3H3,(H2,30,32,33). The van der Waals surface area contributed by atoms with E-state index < -0.39 is 0 Å². The predicted octanol–water partition coefficient (Wildman–Crippen LogP) is 6.89. The number of aryl methyl sites for hydroxylation is 3. The van der Waals surface area contributed by atoms with E-state index in [1.807, 2.05) is 79.7 Å². The monoisotopic (exact) mass is 436 g/mol. The molecule has 166 valence electrons. The zero-order chi connectivity index (χ0) is 23.2. The number of amides is 2. The lowest BCUT2D eigenvalue weighted by Crippen LogP contribution is -2.22. The lowest BCUT2D eigenvalue weighted by Gasteiger charge is -2.17. The number of nitrogens with one attached hydrogen (secondary N) is 2. The molecule has 0 aliphatic rings. The number of para-hydroxylation sites is 1. The van der Waals surface area contributed by atoms with E-state index in [2.05, 4.69) is 29.5 Å². The largest absolute Gasteiger partial charge is 0.323 e. The van der Waals surface area contributed by atoms with Crippen LogP contribution in [0.2, 0.25) is 0 Å². The van der Waals surface area contributed by atoms with E-state index in [4.69, 9.17) is 4.98 Å². The maximum atomic E-state index is 13.1. The quantitative estimate of drug-likeness (QED) is 0.346. The zero-order valence-electron chi connectivity index (χ0n) is 19.2. The van der Waals surface area contributed by atoms with Crippen molar-refractivity contribution < 1.29 is 4.79 Å². The highest BCUT2D eigenvalue weighted by molar-refractivity contribution is 6.02. The van der Waals surface area contributed by atoms with Crippen LogP contribution in [0.4, 0.5) is 16.2 Å². The number of nitrogens with zero attached hydrogens (tertiary/aromatic N) is 2. The molecule has 3 aromatic carbocycles. The molecule has 4 aromatic rings. The molecule has 0 saturated carbocycles. The summed E-state index contributed by atoms with van der Waals surface area (Å²) in [7, 11) is 0. The Kier molecular flexibility index (Phi) is 6.79. The fourth-order valence-electron chi connectivity index (χ4n) is 3.91. The highest BCUT2D eigenvalue weighted by Crippen LogP contribution is 2.31. The molecule has 0 atom stereocenters. The van der Waals surface area contributed by atoms with Gasteiger partial charge in [-0.1, -0.05) is 86.6 Å². The van der Waals surface area contributed by atoms with Crippen LogP contribution in [0, 0.1) is 6.92 Å². The molecule has 0 spiro atoms. The summed E-state index contributed by atoms with van der Waals surface area (Å²) in [5, 5.41) is 6.05. The van der Waals surface area contributed by atoms with Crippen LogP contribution in [-0.2, 0) is 12.8 Å². The molecule has 2 N–H and O–H groups in total. The summed E-state index contributed by atoms with van der Waals surface area (Å²) in [5.41, 5.74) is 7.30. The Labute approximate surface area is 194 Å². The van der Waals surface area contributed by atoms with E-state index in [9.17, 15) is 4.79 Å². The molecule has 33 heavy (non-hydrogen) atoms. The predicted molar refractivity (Wildman–Crippen MR) is 135 cm³/mol. The molecular formula is C28H28N4O. The maximum absolute atomic E-state index is 13.1. The molecule has 0 radical (unpaired) electrons. The van der Waals surface area contributed by atoms with Crippen LogP contribution in [0.1, 0.15) is 30.5 Å². The van der Waals surface area contributed by atoms with Crippen molar-refractivity contribution in [3.63, 3.8) is 0 Å². The third-order valence-electron chi connectivity index (χ3n) is 5.71. The van der Waals surface area contributed by atoms with Crippen LogP contribution in [-0.4, -0.2) is 16.0 Å². The first kappa shape index (κ1) is 22.2. The van der Waals surface area contributed by atoms with Crippen molar-refractivity contribution in [3.8, 4) is 22.6 Å². The minimum absolute atomic E-state index is 0.309. The number of rotatable bonds is 6. The van der Waals surface area contributed by atoms with Gasteiger partial charge in [0.15, 0.2) is 5.82 Å². The first-order valence-corrected chi connectivity index (χ1v) is 11.3. The summed E-state index contributed by atoms with van der Waals surface area (Å²) in [6.07, 6.45) is 3.36. The van der Waals surface area contributed by atoms with Gasteiger partial charge in [-0.05, 0) is 36.5 Å². The Balaban J connectivity index is 1.71. The van der Waals surface area contributed by atoms with Gasteiger partial charge in [0.1, 0.15) is 0 Å². The highest BCUT2D eigenvalue weighted by Gasteiger charge is 2.16. The Hall–Kier alpha value is -3.99. The second-order valence-electron chi connectivity index (χ2n) is 7.87. The van der Waals surface area contributed by atoms with Crippen molar-refractivity contribution >= 4 is 17.4 Å². The summed E-state index contributed by atoms with van der Waals surface area (Å²) < 4.78 is 0. The Bertz CT molecular complexity index is 1250. The molecule has 0 aliphatic carbocycles.